The first-order valence-corrected chi connectivity index (χ1v) is 7.82. The average molecular weight is 294 g/mol. The van der Waals surface area contributed by atoms with E-state index in [9.17, 15) is 0 Å². The molecule has 0 atom stereocenters. The highest BCUT2D eigenvalue weighted by atomic mass is 32.1. The van der Waals surface area contributed by atoms with Gasteiger partial charge < -0.3 is 5.73 Å². The quantitative estimate of drug-likeness (QED) is 0.717. The summed E-state index contributed by atoms with van der Waals surface area (Å²) in [6, 6.07) is 16.4. The van der Waals surface area contributed by atoms with Crippen LogP contribution in [0.4, 0.5) is 5.69 Å². The molecule has 3 aromatic rings. The van der Waals surface area contributed by atoms with E-state index in [-0.39, 0.29) is 0 Å². The predicted octanol–water partition coefficient (Wildman–Crippen LogP) is 4.60. The second-order valence-corrected chi connectivity index (χ2v) is 6.34. The smallest absolute Gasteiger partial charge is 0.123 e. The Morgan fingerprint density at radius 1 is 1.00 bits per heavy atom. The molecule has 1 heterocycles. The summed E-state index contributed by atoms with van der Waals surface area (Å²) in [6.07, 6.45) is 0.950. The van der Waals surface area contributed by atoms with Gasteiger partial charge in [-0.25, -0.2) is 4.98 Å². The molecule has 2 nitrogen and oxygen atoms in total. The lowest BCUT2D eigenvalue weighted by molar-refractivity contribution is 1.13. The van der Waals surface area contributed by atoms with Crippen molar-refractivity contribution in [3.05, 3.63) is 70.2 Å². The number of aromatic nitrogens is 1. The van der Waals surface area contributed by atoms with Crippen molar-refractivity contribution in [2.45, 2.75) is 20.3 Å². The molecule has 0 fully saturated rings. The number of rotatable bonds is 3. The van der Waals surface area contributed by atoms with Crippen LogP contribution in [0.15, 0.2) is 48.5 Å². The monoisotopic (exact) mass is 294 g/mol. The standard InChI is InChI=1S/C18H18N2S/c1-12-5-3-4-6-15(12)11-17-13(2)20-18(21-17)14-7-9-16(19)10-8-14/h3-10H,11,19H2,1-2H3. The number of aryl methyl sites for hydroxylation is 2. The van der Waals surface area contributed by atoms with E-state index >= 15 is 0 Å². The molecule has 0 aliphatic heterocycles. The topological polar surface area (TPSA) is 38.9 Å². The van der Waals surface area contributed by atoms with E-state index in [0.29, 0.717) is 0 Å². The summed E-state index contributed by atoms with van der Waals surface area (Å²) >= 11 is 1.77. The van der Waals surface area contributed by atoms with Gasteiger partial charge in [0.15, 0.2) is 0 Å². The molecular weight excluding hydrogens is 276 g/mol. The SMILES string of the molecule is Cc1ccccc1Cc1sc(-c2ccc(N)cc2)nc1C. The van der Waals surface area contributed by atoms with Crippen LogP contribution in [0.2, 0.25) is 0 Å². The van der Waals surface area contributed by atoms with Crippen LogP contribution in [0.1, 0.15) is 21.7 Å². The molecule has 106 valence electrons. The van der Waals surface area contributed by atoms with E-state index in [0.717, 1.165) is 28.4 Å². The van der Waals surface area contributed by atoms with Crippen molar-refractivity contribution < 1.29 is 0 Å². The first kappa shape index (κ1) is 13.8. The lowest BCUT2D eigenvalue weighted by atomic mass is 10.0. The van der Waals surface area contributed by atoms with Crippen LogP contribution >= 0.6 is 11.3 Å². The first-order valence-electron chi connectivity index (χ1n) is 7.00. The largest absolute Gasteiger partial charge is 0.399 e. The molecule has 0 unspecified atom stereocenters. The fourth-order valence-electron chi connectivity index (χ4n) is 2.32. The zero-order valence-electron chi connectivity index (χ0n) is 12.3. The van der Waals surface area contributed by atoms with Gasteiger partial charge in [-0.2, -0.15) is 0 Å². The molecule has 0 aliphatic rings. The molecule has 2 N–H and O–H groups in total. The molecule has 0 saturated carbocycles. The minimum Gasteiger partial charge on any atom is -0.399 e. The van der Waals surface area contributed by atoms with Crippen LogP contribution in [-0.4, -0.2) is 4.98 Å². The lowest BCUT2D eigenvalue weighted by Crippen LogP contribution is -1.90. The Kier molecular flexibility index (Phi) is 3.76. The van der Waals surface area contributed by atoms with Crippen LogP contribution in [0, 0.1) is 13.8 Å². The van der Waals surface area contributed by atoms with Crippen molar-refractivity contribution in [2.75, 3.05) is 5.73 Å². The third-order valence-electron chi connectivity index (χ3n) is 3.66. The Bertz CT molecular complexity index is 757. The number of nitrogens with zero attached hydrogens (tertiary/aromatic N) is 1. The summed E-state index contributed by atoms with van der Waals surface area (Å²) in [5.41, 5.74) is 11.5. The average Bonchev–Trinajstić information content (AvgIpc) is 2.83. The molecule has 21 heavy (non-hydrogen) atoms. The minimum absolute atomic E-state index is 0.784. The zero-order valence-corrected chi connectivity index (χ0v) is 13.1. The second kappa shape index (κ2) is 5.70. The van der Waals surface area contributed by atoms with Gasteiger partial charge in [-0.1, -0.05) is 24.3 Å². The number of hydrogen-bond donors (Lipinski definition) is 1. The van der Waals surface area contributed by atoms with Gasteiger partial charge in [0.05, 0.1) is 5.69 Å². The first-order chi connectivity index (χ1) is 10.1. The molecule has 0 spiro atoms. The molecule has 0 radical (unpaired) electrons. The number of nitrogens with two attached hydrogens (primary N) is 1. The lowest BCUT2D eigenvalue weighted by Gasteiger charge is -2.03. The van der Waals surface area contributed by atoms with Gasteiger partial charge in [-0.3, -0.25) is 0 Å². The highest BCUT2D eigenvalue weighted by Gasteiger charge is 2.10. The number of benzene rings is 2. The molecule has 0 bridgehead atoms. The maximum atomic E-state index is 5.74. The molecule has 2 aromatic carbocycles. The van der Waals surface area contributed by atoms with E-state index in [1.165, 1.54) is 16.0 Å². The van der Waals surface area contributed by atoms with Crippen molar-refractivity contribution >= 4 is 17.0 Å². The molecular formula is C18H18N2S. The number of anilines is 1. The minimum atomic E-state index is 0.784. The van der Waals surface area contributed by atoms with E-state index in [4.69, 9.17) is 10.7 Å². The maximum absolute atomic E-state index is 5.74. The van der Waals surface area contributed by atoms with E-state index in [1.54, 1.807) is 11.3 Å². The van der Waals surface area contributed by atoms with Crippen molar-refractivity contribution in [3.63, 3.8) is 0 Å². The van der Waals surface area contributed by atoms with Crippen LogP contribution in [0.3, 0.4) is 0 Å². The summed E-state index contributed by atoms with van der Waals surface area (Å²) in [4.78, 5) is 6.04. The van der Waals surface area contributed by atoms with Crippen LogP contribution in [-0.2, 0) is 6.42 Å². The summed E-state index contributed by atoms with van der Waals surface area (Å²) in [6.45, 7) is 4.25. The molecule has 3 rings (SSSR count). The van der Waals surface area contributed by atoms with Gasteiger partial charge in [0, 0.05) is 22.5 Å². The Hall–Kier alpha value is -2.13. The summed E-state index contributed by atoms with van der Waals surface area (Å²) in [5.74, 6) is 0. The van der Waals surface area contributed by atoms with Crippen LogP contribution in [0.25, 0.3) is 10.6 Å². The fourth-order valence-corrected chi connectivity index (χ4v) is 3.41. The van der Waals surface area contributed by atoms with Crippen molar-refractivity contribution in [1.29, 1.82) is 0 Å². The molecule has 0 amide bonds. The Balaban J connectivity index is 1.91. The highest BCUT2D eigenvalue weighted by Crippen LogP contribution is 2.30. The summed E-state index contributed by atoms with van der Waals surface area (Å²) < 4.78 is 0. The van der Waals surface area contributed by atoms with Gasteiger partial charge >= 0.3 is 0 Å². The molecule has 1 aromatic heterocycles. The molecule has 0 aliphatic carbocycles. The van der Waals surface area contributed by atoms with Crippen molar-refractivity contribution in [3.8, 4) is 10.6 Å². The van der Waals surface area contributed by atoms with Crippen LogP contribution in [0.5, 0.6) is 0 Å². The number of hydrogen-bond acceptors (Lipinski definition) is 3. The number of nitrogen functional groups attached to an aromatic ring is 1. The highest BCUT2D eigenvalue weighted by molar-refractivity contribution is 7.15. The number of thiazole rings is 1. The van der Waals surface area contributed by atoms with Gasteiger partial charge in [0.2, 0.25) is 0 Å². The third-order valence-corrected chi connectivity index (χ3v) is 4.87. The predicted molar refractivity (Wildman–Crippen MR) is 90.7 cm³/mol. The third kappa shape index (κ3) is 2.98. The molecule has 0 saturated heterocycles. The van der Waals surface area contributed by atoms with Crippen molar-refractivity contribution in [2.24, 2.45) is 0 Å². The second-order valence-electron chi connectivity index (χ2n) is 5.25. The van der Waals surface area contributed by atoms with Crippen LogP contribution < -0.4 is 5.73 Å². The normalized spacial score (nSPS) is 10.8. The maximum Gasteiger partial charge on any atom is 0.123 e. The Morgan fingerprint density at radius 3 is 2.43 bits per heavy atom. The van der Waals surface area contributed by atoms with Crippen molar-refractivity contribution in [1.82, 2.24) is 4.98 Å². The van der Waals surface area contributed by atoms with E-state index in [1.807, 2.05) is 24.3 Å². The zero-order chi connectivity index (χ0) is 14.8. The summed E-state index contributed by atoms with van der Waals surface area (Å²) in [5, 5.41) is 1.07. The Morgan fingerprint density at radius 2 is 1.71 bits per heavy atom. The summed E-state index contributed by atoms with van der Waals surface area (Å²) in [7, 11) is 0. The molecule has 3 heteroatoms. The van der Waals surface area contributed by atoms with Gasteiger partial charge in [-0.15, -0.1) is 11.3 Å². The van der Waals surface area contributed by atoms with Gasteiger partial charge in [0.1, 0.15) is 5.01 Å². The Labute approximate surface area is 129 Å². The fraction of sp³-hybridized carbons (Fsp3) is 0.167. The van der Waals surface area contributed by atoms with E-state index < -0.39 is 0 Å². The van der Waals surface area contributed by atoms with Gasteiger partial charge in [-0.05, 0) is 49.2 Å². The van der Waals surface area contributed by atoms with Gasteiger partial charge in [0.25, 0.3) is 0 Å². The van der Waals surface area contributed by atoms with E-state index in [2.05, 4.69) is 38.1 Å².